The van der Waals surface area contributed by atoms with Crippen molar-refractivity contribution in [3.63, 3.8) is 0 Å². The summed E-state index contributed by atoms with van der Waals surface area (Å²) < 4.78 is 18.6. The predicted octanol–water partition coefficient (Wildman–Crippen LogP) is 5.66. The molecule has 2 fully saturated rings. The second-order valence-electron chi connectivity index (χ2n) is 12.2. The number of alkyl carbamates (subject to hydrolysis) is 1. The topological polar surface area (TPSA) is 109 Å². The third kappa shape index (κ3) is 8.26. The van der Waals surface area contributed by atoms with Crippen LogP contribution in [0.4, 0.5) is 10.7 Å². The molecule has 4 atom stereocenters. The molecule has 2 saturated heterocycles. The molecule has 4 unspecified atom stereocenters. The zero-order chi connectivity index (χ0) is 33.3. The normalized spacial score (nSPS) is 21.4. The molecule has 0 bridgehead atoms. The Morgan fingerprint density at radius 3 is 2.40 bits per heavy atom. The van der Waals surface area contributed by atoms with Crippen molar-refractivity contribution < 1.29 is 24.1 Å². The van der Waals surface area contributed by atoms with E-state index in [1.807, 2.05) is 54.6 Å². The Hall–Kier alpha value is -4.61. The molecule has 250 valence electrons. The maximum atomic E-state index is 11.9. The molecule has 3 heterocycles. The van der Waals surface area contributed by atoms with Crippen LogP contribution in [0.3, 0.4) is 0 Å². The lowest BCUT2D eigenvalue weighted by Crippen LogP contribution is -2.51. The summed E-state index contributed by atoms with van der Waals surface area (Å²) in [5.74, 6) is 0.856. The van der Waals surface area contributed by atoms with E-state index in [0.717, 1.165) is 72.1 Å². The molecule has 3 aromatic carbocycles. The molecule has 1 aromatic heterocycles. The van der Waals surface area contributed by atoms with Crippen LogP contribution in [0.2, 0.25) is 0 Å². The summed E-state index contributed by atoms with van der Waals surface area (Å²) in [4.78, 5) is 25.5. The third-order valence-electron chi connectivity index (χ3n) is 8.96. The van der Waals surface area contributed by atoms with Crippen LogP contribution in [0.1, 0.15) is 41.6 Å². The first-order valence-corrected chi connectivity index (χ1v) is 16.5. The number of benzene rings is 3. The van der Waals surface area contributed by atoms with E-state index in [9.17, 15) is 9.90 Å². The van der Waals surface area contributed by atoms with E-state index in [2.05, 4.69) is 62.9 Å². The largest absolute Gasteiger partial charge is 0.445 e. The van der Waals surface area contributed by atoms with Crippen LogP contribution in [0, 0.1) is 5.92 Å². The highest BCUT2D eigenvalue weighted by atomic mass is 16.7. The number of rotatable bonds is 11. The average Bonchev–Trinajstić information content (AvgIpc) is 3.15. The molecule has 6 rings (SSSR count). The zero-order valence-corrected chi connectivity index (χ0v) is 27.3. The lowest BCUT2D eigenvalue weighted by molar-refractivity contribution is -0.276. The van der Waals surface area contributed by atoms with E-state index >= 15 is 0 Å². The van der Waals surface area contributed by atoms with Crippen molar-refractivity contribution in [2.45, 2.75) is 38.6 Å². The van der Waals surface area contributed by atoms with Gasteiger partial charge < -0.3 is 29.5 Å². The molecule has 0 saturated carbocycles. The average molecular weight is 650 g/mol. The van der Waals surface area contributed by atoms with Gasteiger partial charge in [-0.2, -0.15) is 0 Å². The SMILES string of the molecule is C=CCOC(=O)NCc1cccc(-c2cccc(C3OC(CN4CCN(c5ncccn5)CC4)C(C)C(c4ccc(CO)cc4)O3)c2)c1. The highest BCUT2D eigenvalue weighted by Gasteiger charge is 2.39. The number of carbonyl (C=O) groups excluding carboxylic acids is 1. The molecule has 0 spiro atoms. The molecule has 2 N–H and O–H groups in total. The summed E-state index contributed by atoms with van der Waals surface area (Å²) in [5.41, 5.74) is 5.86. The first-order valence-electron chi connectivity index (χ1n) is 16.5. The zero-order valence-electron chi connectivity index (χ0n) is 27.3. The minimum atomic E-state index is -0.572. The van der Waals surface area contributed by atoms with Gasteiger partial charge in [0, 0.05) is 63.1 Å². The molecule has 48 heavy (non-hydrogen) atoms. The highest BCUT2D eigenvalue weighted by Crippen LogP contribution is 2.42. The molecule has 0 aliphatic carbocycles. The van der Waals surface area contributed by atoms with Gasteiger partial charge in [-0.25, -0.2) is 14.8 Å². The predicted molar refractivity (Wildman–Crippen MR) is 184 cm³/mol. The van der Waals surface area contributed by atoms with E-state index in [0.29, 0.717) is 6.54 Å². The maximum Gasteiger partial charge on any atom is 0.407 e. The monoisotopic (exact) mass is 649 g/mol. The standard InChI is InChI=1S/C38H43N5O5/c1-3-21-46-38(45)41-24-29-7-4-8-31(22-29)32-9-5-10-33(23-32)36-47-34(27(2)35(48-36)30-13-11-28(26-44)12-14-30)25-42-17-19-43(20-18-42)37-39-15-6-16-40-37/h3-16,22-23,27,34-36,44H,1,17-21,24-26H2,2H3,(H,41,45). The third-order valence-corrected chi connectivity index (χ3v) is 8.96. The fraction of sp³-hybridized carbons (Fsp3) is 0.342. The van der Waals surface area contributed by atoms with Crippen molar-refractivity contribution in [1.29, 1.82) is 0 Å². The number of carbonyl (C=O) groups is 1. The molecule has 0 radical (unpaired) electrons. The number of aromatic nitrogens is 2. The summed E-state index contributed by atoms with van der Waals surface area (Å²) in [7, 11) is 0. The number of hydrogen-bond donors (Lipinski definition) is 2. The van der Waals surface area contributed by atoms with Gasteiger partial charge in [-0.05, 0) is 46.0 Å². The van der Waals surface area contributed by atoms with Crippen molar-refractivity contribution in [3.8, 4) is 11.1 Å². The minimum absolute atomic E-state index is 0.000824. The summed E-state index contributed by atoms with van der Waals surface area (Å²) in [6, 6.07) is 26.2. The smallest absolute Gasteiger partial charge is 0.407 e. The first kappa shape index (κ1) is 33.3. The van der Waals surface area contributed by atoms with Crippen LogP contribution >= 0.6 is 0 Å². The number of nitrogens with zero attached hydrogens (tertiary/aromatic N) is 4. The maximum absolute atomic E-state index is 11.9. The van der Waals surface area contributed by atoms with Crippen LogP contribution < -0.4 is 10.2 Å². The number of nitrogens with one attached hydrogen (secondary N) is 1. The van der Waals surface area contributed by atoms with Crippen LogP contribution in [0.25, 0.3) is 11.1 Å². The van der Waals surface area contributed by atoms with Gasteiger partial charge in [0.2, 0.25) is 5.95 Å². The number of amides is 1. The lowest BCUT2D eigenvalue weighted by Gasteiger charge is -2.44. The van der Waals surface area contributed by atoms with Crippen LogP contribution in [-0.4, -0.2) is 71.5 Å². The Morgan fingerprint density at radius 1 is 0.938 bits per heavy atom. The first-order chi connectivity index (χ1) is 23.5. The van der Waals surface area contributed by atoms with Crippen molar-refractivity contribution in [1.82, 2.24) is 20.2 Å². The van der Waals surface area contributed by atoms with Gasteiger partial charge in [0.15, 0.2) is 6.29 Å². The summed E-state index contributed by atoms with van der Waals surface area (Å²) in [5, 5.41) is 12.4. The number of hydrogen-bond acceptors (Lipinski definition) is 9. The van der Waals surface area contributed by atoms with Gasteiger partial charge in [0.1, 0.15) is 6.61 Å². The van der Waals surface area contributed by atoms with Crippen LogP contribution in [0.15, 0.2) is 104 Å². The Labute approximate surface area is 282 Å². The van der Waals surface area contributed by atoms with E-state index in [1.165, 1.54) is 6.08 Å². The Bertz CT molecular complexity index is 1650. The summed E-state index contributed by atoms with van der Waals surface area (Å²) in [6.07, 6.45) is 3.78. The van der Waals surface area contributed by atoms with Gasteiger partial charge in [-0.1, -0.05) is 80.2 Å². The second kappa shape index (κ2) is 16.0. The second-order valence-corrected chi connectivity index (χ2v) is 12.2. The van der Waals surface area contributed by atoms with Crippen molar-refractivity contribution >= 4 is 12.0 Å². The Balaban J connectivity index is 1.19. The molecule has 4 aromatic rings. The lowest BCUT2D eigenvalue weighted by atomic mass is 9.89. The van der Waals surface area contributed by atoms with E-state index < -0.39 is 12.4 Å². The fourth-order valence-corrected chi connectivity index (χ4v) is 6.25. The van der Waals surface area contributed by atoms with Crippen molar-refractivity contribution in [2.75, 3.05) is 44.2 Å². The number of anilines is 1. The van der Waals surface area contributed by atoms with Crippen molar-refractivity contribution in [2.24, 2.45) is 5.92 Å². The quantitative estimate of drug-likeness (QED) is 0.199. The van der Waals surface area contributed by atoms with E-state index in [4.69, 9.17) is 14.2 Å². The van der Waals surface area contributed by atoms with Crippen LogP contribution in [0.5, 0.6) is 0 Å². The summed E-state index contributed by atoms with van der Waals surface area (Å²) in [6.45, 7) is 10.5. The van der Waals surface area contributed by atoms with Gasteiger partial charge in [-0.15, -0.1) is 0 Å². The Morgan fingerprint density at radius 2 is 1.67 bits per heavy atom. The molecular formula is C38H43N5O5. The number of piperazine rings is 1. The molecule has 1 amide bonds. The highest BCUT2D eigenvalue weighted by molar-refractivity contribution is 5.68. The van der Waals surface area contributed by atoms with Gasteiger partial charge in [0.05, 0.1) is 18.8 Å². The number of aliphatic hydroxyl groups is 1. The van der Waals surface area contributed by atoms with Crippen LogP contribution in [-0.2, 0) is 27.4 Å². The molecule has 10 nitrogen and oxygen atoms in total. The summed E-state index contributed by atoms with van der Waals surface area (Å²) >= 11 is 0. The number of aliphatic hydroxyl groups excluding tert-OH is 1. The molecular weight excluding hydrogens is 606 g/mol. The van der Waals surface area contributed by atoms with Gasteiger partial charge in [-0.3, -0.25) is 4.90 Å². The number of ether oxygens (including phenoxy) is 3. The Kier molecular flexibility index (Phi) is 11.1. The molecule has 10 heteroatoms. The van der Waals surface area contributed by atoms with E-state index in [1.54, 1.807) is 12.4 Å². The minimum Gasteiger partial charge on any atom is -0.445 e. The van der Waals surface area contributed by atoms with E-state index in [-0.39, 0.29) is 31.3 Å². The van der Waals surface area contributed by atoms with Gasteiger partial charge >= 0.3 is 6.09 Å². The fourth-order valence-electron chi connectivity index (χ4n) is 6.25. The van der Waals surface area contributed by atoms with Gasteiger partial charge in [0.25, 0.3) is 0 Å². The molecule has 2 aliphatic rings. The molecule has 2 aliphatic heterocycles. The van der Waals surface area contributed by atoms with Crippen molar-refractivity contribution in [3.05, 3.63) is 126 Å².